The van der Waals surface area contributed by atoms with Gasteiger partial charge in [0.1, 0.15) is 6.04 Å². The molecule has 1 aromatic carbocycles. The number of ether oxygens (including phenoxy) is 1. The molecule has 0 aromatic heterocycles. The zero-order valence-corrected chi connectivity index (χ0v) is 8.49. The van der Waals surface area contributed by atoms with E-state index in [1.54, 1.807) is 7.05 Å². The minimum absolute atomic E-state index is 0.226. The number of rotatable bonds is 4. The highest BCUT2D eigenvalue weighted by atomic mass is 16.5. The Bertz CT molecular complexity index is 285. The summed E-state index contributed by atoms with van der Waals surface area (Å²) in [6.45, 7) is 0. The SMILES string of the molecule is CNC(Cc1ccccc1)C(=O)OC. The van der Waals surface area contributed by atoms with E-state index in [-0.39, 0.29) is 12.0 Å². The van der Waals surface area contributed by atoms with E-state index in [0.717, 1.165) is 5.56 Å². The maximum atomic E-state index is 11.3. The van der Waals surface area contributed by atoms with Gasteiger partial charge in [-0.2, -0.15) is 0 Å². The van der Waals surface area contributed by atoms with E-state index < -0.39 is 0 Å². The molecule has 0 radical (unpaired) electrons. The summed E-state index contributed by atoms with van der Waals surface area (Å²) in [4.78, 5) is 11.3. The van der Waals surface area contributed by atoms with Gasteiger partial charge in [0.15, 0.2) is 0 Å². The van der Waals surface area contributed by atoms with Crippen molar-refractivity contribution in [3.63, 3.8) is 0 Å². The Morgan fingerprint density at radius 1 is 1.43 bits per heavy atom. The highest BCUT2D eigenvalue weighted by Gasteiger charge is 2.16. The molecule has 0 amide bonds. The molecule has 0 saturated carbocycles. The minimum Gasteiger partial charge on any atom is -0.468 e. The molecule has 1 unspecified atom stereocenters. The summed E-state index contributed by atoms with van der Waals surface area (Å²) in [5, 5.41) is 2.93. The van der Waals surface area contributed by atoms with E-state index in [1.807, 2.05) is 30.3 Å². The topological polar surface area (TPSA) is 38.3 Å². The van der Waals surface area contributed by atoms with Gasteiger partial charge in [0, 0.05) is 0 Å². The monoisotopic (exact) mass is 193 g/mol. The van der Waals surface area contributed by atoms with Gasteiger partial charge in [-0.05, 0) is 19.0 Å². The zero-order chi connectivity index (χ0) is 10.4. The van der Waals surface area contributed by atoms with Crippen LogP contribution < -0.4 is 5.32 Å². The van der Waals surface area contributed by atoms with Crippen LogP contribution >= 0.6 is 0 Å². The third-order valence-electron chi connectivity index (χ3n) is 2.12. The summed E-state index contributed by atoms with van der Waals surface area (Å²) in [6.07, 6.45) is 0.657. The average Bonchev–Trinajstić information content (AvgIpc) is 2.26. The Hall–Kier alpha value is -1.35. The smallest absolute Gasteiger partial charge is 0.323 e. The van der Waals surface area contributed by atoms with Crippen molar-refractivity contribution in [1.29, 1.82) is 0 Å². The highest BCUT2D eigenvalue weighted by Crippen LogP contribution is 2.03. The maximum absolute atomic E-state index is 11.3. The molecule has 1 aromatic rings. The van der Waals surface area contributed by atoms with E-state index in [2.05, 4.69) is 10.1 Å². The predicted molar refractivity (Wildman–Crippen MR) is 55.0 cm³/mol. The van der Waals surface area contributed by atoms with Crippen LogP contribution in [0.25, 0.3) is 0 Å². The number of hydrogen-bond donors (Lipinski definition) is 1. The first kappa shape index (κ1) is 10.7. The summed E-state index contributed by atoms with van der Waals surface area (Å²) in [5.41, 5.74) is 1.12. The van der Waals surface area contributed by atoms with Crippen LogP contribution in [0.15, 0.2) is 30.3 Å². The third kappa shape index (κ3) is 2.85. The number of esters is 1. The molecule has 14 heavy (non-hydrogen) atoms. The van der Waals surface area contributed by atoms with Crippen LogP contribution in [0.5, 0.6) is 0 Å². The van der Waals surface area contributed by atoms with E-state index in [9.17, 15) is 4.79 Å². The van der Waals surface area contributed by atoms with Gasteiger partial charge in [-0.3, -0.25) is 4.79 Å². The average molecular weight is 193 g/mol. The van der Waals surface area contributed by atoms with Crippen molar-refractivity contribution >= 4 is 5.97 Å². The molecule has 76 valence electrons. The van der Waals surface area contributed by atoms with Crippen molar-refractivity contribution in [1.82, 2.24) is 5.32 Å². The number of nitrogens with one attached hydrogen (secondary N) is 1. The van der Waals surface area contributed by atoms with Gasteiger partial charge in [-0.25, -0.2) is 0 Å². The molecule has 3 heteroatoms. The van der Waals surface area contributed by atoms with E-state index in [0.29, 0.717) is 6.42 Å². The van der Waals surface area contributed by atoms with Crippen LogP contribution in [0.1, 0.15) is 5.56 Å². The first-order valence-electron chi connectivity index (χ1n) is 4.57. The Labute approximate surface area is 84.1 Å². The molecule has 0 aliphatic heterocycles. The third-order valence-corrected chi connectivity index (χ3v) is 2.12. The number of carbonyl (C=O) groups is 1. The van der Waals surface area contributed by atoms with Crippen LogP contribution in [-0.4, -0.2) is 26.2 Å². The Morgan fingerprint density at radius 3 is 2.57 bits per heavy atom. The molecule has 1 rings (SSSR count). The second-order valence-electron chi connectivity index (χ2n) is 3.05. The van der Waals surface area contributed by atoms with Gasteiger partial charge < -0.3 is 10.1 Å². The molecule has 0 heterocycles. The lowest BCUT2D eigenvalue weighted by Gasteiger charge is -2.13. The van der Waals surface area contributed by atoms with Crippen molar-refractivity contribution in [3.8, 4) is 0 Å². The van der Waals surface area contributed by atoms with Gasteiger partial charge >= 0.3 is 5.97 Å². The van der Waals surface area contributed by atoms with Crippen molar-refractivity contribution in [2.75, 3.05) is 14.2 Å². The molecule has 0 aliphatic rings. The highest BCUT2D eigenvalue weighted by molar-refractivity contribution is 5.76. The van der Waals surface area contributed by atoms with Crippen LogP contribution in [-0.2, 0) is 16.0 Å². The summed E-state index contributed by atoms with van der Waals surface area (Å²) in [5.74, 6) is -0.226. The lowest BCUT2D eigenvalue weighted by Crippen LogP contribution is -2.36. The van der Waals surface area contributed by atoms with Crippen molar-refractivity contribution in [2.45, 2.75) is 12.5 Å². The lowest BCUT2D eigenvalue weighted by molar-refractivity contribution is -0.142. The van der Waals surface area contributed by atoms with Crippen LogP contribution in [0, 0.1) is 0 Å². The maximum Gasteiger partial charge on any atom is 0.323 e. The molecule has 0 spiro atoms. The first-order valence-corrected chi connectivity index (χ1v) is 4.57. The quantitative estimate of drug-likeness (QED) is 0.725. The molecule has 0 fully saturated rings. The number of methoxy groups -OCH3 is 1. The van der Waals surface area contributed by atoms with Gasteiger partial charge in [-0.1, -0.05) is 30.3 Å². The molecule has 0 bridgehead atoms. The predicted octanol–water partition coefficient (Wildman–Crippen LogP) is 0.990. The van der Waals surface area contributed by atoms with Crippen LogP contribution in [0.3, 0.4) is 0 Å². The summed E-state index contributed by atoms with van der Waals surface area (Å²) >= 11 is 0. The Balaban J connectivity index is 2.62. The Morgan fingerprint density at radius 2 is 2.07 bits per heavy atom. The zero-order valence-electron chi connectivity index (χ0n) is 8.49. The molecule has 0 saturated heterocycles. The van der Waals surface area contributed by atoms with Crippen LogP contribution in [0.4, 0.5) is 0 Å². The van der Waals surface area contributed by atoms with E-state index in [4.69, 9.17) is 0 Å². The Kier molecular flexibility index (Phi) is 4.13. The fourth-order valence-corrected chi connectivity index (χ4v) is 1.30. The fourth-order valence-electron chi connectivity index (χ4n) is 1.30. The standard InChI is InChI=1S/C11H15NO2/c1-12-10(11(13)14-2)8-9-6-4-3-5-7-9/h3-7,10,12H,8H2,1-2H3. The van der Waals surface area contributed by atoms with Gasteiger partial charge in [0.25, 0.3) is 0 Å². The molecule has 1 atom stereocenters. The minimum atomic E-state index is -0.262. The normalized spacial score (nSPS) is 12.1. The van der Waals surface area contributed by atoms with Crippen molar-refractivity contribution in [3.05, 3.63) is 35.9 Å². The largest absolute Gasteiger partial charge is 0.468 e. The van der Waals surface area contributed by atoms with Gasteiger partial charge in [0.05, 0.1) is 7.11 Å². The van der Waals surface area contributed by atoms with E-state index >= 15 is 0 Å². The number of likely N-dealkylation sites (N-methyl/N-ethyl adjacent to an activating group) is 1. The summed E-state index contributed by atoms with van der Waals surface area (Å²) in [7, 11) is 3.15. The molecule has 1 N–H and O–H groups in total. The molecular weight excluding hydrogens is 178 g/mol. The van der Waals surface area contributed by atoms with Crippen LogP contribution in [0.2, 0.25) is 0 Å². The molecular formula is C11H15NO2. The fraction of sp³-hybridized carbons (Fsp3) is 0.364. The van der Waals surface area contributed by atoms with Crippen molar-refractivity contribution in [2.24, 2.45) is 0 Å². The number of hydrogen-bond acceptors (Lipinski definition) is 3. The number of benzene rings is 1. The van der Waals surface area contributed by atoms with E-state index in [1.165, 1.54) is 7.11 Å². The van der Waals surface area contributed by atoms with Gasteiger partial charge in [0.2, 0.25) is 0 Å². The van der Waals surface area contributed by atoms with Crippen molar-refractivity contribution < 1.29 is 9.53 Å². The lowest BCUT2D eigenvalue weighted by atomic mass is 10.1. The number of carbonyl (C=O) groups excluding carboxylic acids is 1. The van der Waals surface area contributed by atoms with Gasteiger partial charge in [-0.15, -0.1) is 0 Å². The summed E-state index contributed by atoms with van der Waals surface area (Å²) in [6, 6.07) is 9.59. The summed E-state index contributed by atoms with van der Waals surface area (Å²) < 4.78 is 4.67. The first-order chi connectivity index (χ1) is 6.77. The molecule has 0 aliphatic carbocycles. The second kappa shape index (κ2) is 5.40. The second-order valence-corrected chi connectivity index (χ2v) is 3.05. The molecule has 3 nitrogen and oxygen atoms in total.